The molecule has 2 aliphatic rings. The number of para-hydroxylation sites is 4. The average molecular weight is 1780 g/mol. The van der Waals surface area contributed by atoms with Gasteiger partial charge in [0.15, 0.2) is 0 Å². The number of benzene rings is 25. The summed E-state index contributed by atoms with van der Waals surface area (Å²) >= 11 is 0. The molecule has 0 atom stereocenters. The lowest BCUT2D eigenvalue weighted by Crippen LogP contribution is -2.14. The number of nitrogens with zero attached hydrogens (tertiary/aromatic N) is 2. The molecular formula is C138H94N2. The largest absolute Gasteiger partial charge is 0.309 e. The Bertz CT molecular complexity index is 9520. The zero-order chi connectivity index (χ0) is 93.0. The molecule has 656 valence electrons. The van der Waals surface area contributed by atoms with Gasteiger partial charge in [0.05, 0.1) is 22.1 Å². The Labute approximate surface area is 813 Å². The molecule has 2 aliphatic carbocycles. The SMILES string of the molecule is CC1(C)c2ccccc2-c2c(-c3cc(-c4ccc5c6ccccc6c6ccccc6c5c4)cc(-c4cccc5c4-c4ccccc4C5(C)C)c3)cccc21.c1ccc(-c2cc(-c3ccc4c5ccccc5c5ccccc5c4c3)cc(-n3c4ccccc4c4ccccc43)c2)cc1.c1ccc(-n2c3ccccc3c3c(-c4ccc(-c5ccc6c7ccccc7c7ccccc7c6c5)cc4)cccc32)cc1. The second-order valence-electron chi connectivity index (χ2n) is 39.1. The molecule has 2 heterocycles. The van der Waals surface area contributed by atoms with E-state index < -0.39 is 0 Å². The summed E-state index contributed by atoms with van der Waals surface area (Å²) in [7, 11) is 0. The lowest BCUT2D eigenvalue weighted by Gasteiger charge is -2.22. The van der Waals surface area contributed by atoms with Crippen LogP contribution >= 0.6 is 0 Å². The summed E-state index contributed by atoms with van der Waals surface area (Å²) in [5.41, 5.74) is 35.4. The summed E-state index contributed by atoms with van der Waals surface area (Å²) < 4.78 is 4.80. The van der Waals surface area contributed by atoms with E-state index in [1.807, 2.05) is 0 Å². The predicted molar refractivity (Wildman–Crippen MR) is 599 cm³/mol. The van der Waals surface area contributed by atoms with Crippen LogP contribution in [-0.4, -0.2) is 9.13 Å². The molecule has 0 bridgehead atoms. The first kappa shape index (κ1) is 81.9. The van der Waals surface area contributed by atoms with Gasteiger partial charge in [0.2, 0.25) is 0 Å². The van der Waals surface area contributed by atoms with Crippen LogP contribution in [0.3, 0.4) is 0 Å². The van der Waals surface area contributed by atoms with Crippen LogP contribution in [0.2, 0.25) is 0 Å². The maximum atomic E-state index is 2.46. The van der Waals surface area contributed by atoms with E-state index in [-0.39, 0.29) is 10.8 Å². The van der Waals surface area contributed by atoms with E-state index >= 15 is 0 Å². The maximum absolute atomic E-state index is 2.46. The van der Waals surface area contributed by atoms with E-state index in [0.717, 1.165) is 5.69 Å². The molecule has 27 aromatic rings. The van der Waals surface area contributed by atoms with Crippen molar-refractivity contribution in [1.82, 2.24) is 9.13 Å². The van der Waals surface area contributed by atoms with Gasteiger partial charge in [-0.3, -0.25) is 0 Å². The van der Waals surface area contributed by atoms with Gasteiger partial charge in [-0.05, 0) is 310 Å². The summed E-state index contributed by atoms with van der Waals surface area (Å²) in [6, 6.07) is 184. The lowest BCUT2D eigenvalue weighted by molar-refractivity contribution is 0.660. The van der Waals surface area contributed by atoms with Crippen molar-refractivity contribution in [2.75, 3.05) is 0 Å². The van der Waals surface area contributed by atoms with E-state index in [4.69, 9.17) is 0 Å². The van der Waals surface area contributed by atoms with Crippen LogP contribution in [-0.2, 0) is 10.8 Å². The van der Waals surface area contributed by atoms with Crippen molar-refractivity contribution >= 4 is 141 Å². The van der Waals surface area contributed by atoms with Crippen molar-refractivity contribution in [3.63, 3.8) is 0 Å². The van der Waals surface area contributed by atoms with Crippen molar-refractivity contribution in [1.29, 1.82) is 0 Å². The van der Waals surface area contributed by atoms with E-state index in [2.05, 4.69) is 534 Å². The number of hydrogen-bond donors (Lipinski definition) is 0. The highest BCUT2D eigenvalue weighted by Gasteiger charge is 2.39. The van der Waals surface area contributed by atoms with Gasteiger partial charge >= 0.3 is 0 Å². The molecule has 0 spiro atoms. The summed E-state index contributed by atoms with van der Waals surface area (Å²) in [6.45, 7) is 9.50. The Hall–Kier alpha value is -17.6. The quantitative estimate of drug-likeness (QED) is 0.128. The molecule has 0 radical (unpaired) electrons. The Morgan fingerprint density at radius 1 is 0.136 bits per heavy atom. The predicted octanol–water partition coefficient (Wildman–Crippen LogP) is 37.9. The fraction of sp³-hybridized carbons (Fsp3) is 0.0435. The van der Waals surface area contributed by atoms with Crippen molar-refractivity contribution in [2.24, 2.45) is 0 Å². The van der Waals surface area contributed by atoms with Crippen molar-refractivity contribution in [2.45, 2.75) is 38.5 Å². The van der Waals surface area contributed by atoms with E-state index in [1.54, 1.807) is 0 Å². The molecule has 29 rings (SSSR count). The van der Waals surface area contributed by atoms with Crippen LogP contribution in [0.5, 0.6) is 0 Å². The fourth-order valence-corrected chi connectivity index (χ4v) is 24.2. The first-order valence-corrected chi connectivity index (χ1v) is 49.0. The minimum Gasteiger partial charge on any atom is -0.309 e. The maximum Gasteiger partial charge on any atom is 0.0547 e. The molecule has 2 aromatic heterocycles. The molecular weight excluding hydrogens is 1690 g/mol. The average Bonchev–Trinajstić information content (AvgIpc) is 1.36. The molecule has 0 fully saturated rings. The third kappa shape index (κ3) is 13.1. The van der Waals surface area contributed by atoms with Crippen molar-refractivity contribution in [3.8, 4) is 112 Å². The Balaban J connectivity index is 0.000000106. The van der Waals surface area contributed by atoms with Crippen molar-refractivity contribution in [3.05, 3.63) is 520 Å². The normalized spacial score (nSPS) is 12.8. The second-order valence-corrected chi connectivity index (χ2v) is 39.1. The minimum atomic E-state index is -0.0693. The Morgan fingerprint density at radius 2 is 0.393 bits per heavy atom. The minimum absolute atomic E-state index is 0.0693. The first-order chi connectivity index (χ1) is 69.0. The van der Waals surface area contributed by atoms with Gasteiger partial charge < -0.3 is 9.13 Å². The topological polar surface area (TPSA) is 9.86 Å². The Morgan fingerprint density at radius 3 is 0.821 bits per heavy atom. The summed E-state index contributed by atoms with van der Waals surface area (Å²) in [6.07, 6.45) is 0. The molecule has 2 nitrogen and oxygen atoms in total. The van der Waals surface area contributed by atoms with Gasteiger partial charge in [-0.25, -0.2) is 0 Å². The number of rotatable bonds is 9. The molecule has 0 N–H and O–H groups in total. The molecule has 0 saturated heterocycles. The first-order valence-electron chi connectivity index (χ1n) is 49.0. The highest BCUT2D eigenvalue weighted by molar-refractivity contribution is 6.29. The lowest BCUT2D eigenvalue weighted by atomic mass is 9.81. The van der Waals surface area contributed by atoms with E-state index in [9.17, 15) is 0 Å². The highest BCUT2D eigenvalue weighted by Crippen LogP contribution is 2.57. The summed E-state index contributed by atoms with van der Waals surface area (Å²) in [4.78, 5) is 0. The van der Waals surface area contributed by atoms with Gasteiger partial charge in [-0.15, -0.1) is 0 Å². The highest BCUT2D eigenvalue weighted by atomic mass is 15.0. The van der Waals surface area contributed by atoms with Gasteiger partial charge in [0.25, 0.3) is 0 Å². The van der Waals surface area contributed by atoms with E-state index in [1.165, 1.54) is 269 Å². The molecule has 0 unspecified atom stereocenters. The smallest absolute Gasteiger partial charge is 0.0547 e. The third-order valence-electron chi connectivity index (χ3n) is 30.8. The molecule has 2 heteroatoms. The van der Waals surface area contributed by atoms with Crippen molar-refractivity contribution < 1.29 is 0 Å². The number of aromatic nitrogens is 2. The Kier molecular flexibility index (Phi) is 19.1. The zero-order valence-electron chi connectivity index (χ0n) is 78.2. The summed E-state index contributed by atoms with van der Waals surface area (Å²) in [5.74, 6) is 0. The standard InChI is InChI=1S/C54H40.2C42H27N/c1-53(2)47-23-11-9-19-44(47)51-37(21-13-25-49(51)53)35-29-34(30-36(31-35)38-22-14-26-50-52(38)45-20-10-12-24-48(45)54(50,3)4)33-27-28-43-41-17-6-5-15-39(41)40-16-7-8-18-42(40)46(43)32-33;1-2-12-28(13-3-1)30-24-31(26-32(25-30)43-41-20-10-8-18-38(41)39-19-9-11-21-42(39)43)29-22-23-37-35-16-5-4-14-33(35)34-15-6-7-17-36(34)40(37)27-29;1-2-11-31(12-3-1)43-40-19-9-8-17-38(40)42-32(18-10-20-41(42)43)29-23-21-28(22-24-29)30-25-26-37-35-15-5-4-13-33(35)34-14-6-7-16-36(34)39(37)27-30/h5-32H,1-4H3;2*1-27H. The van der Waals surface area contributed by atoms with Gasteiger partial charge in [0, 0.05) is 43.7 Å². The number of fused-ring (bicyclic) bond motifs is 30. The fourth-order valence-electron chi connectivity index (χ4n) is 24.2. The molecule has 25 aromatic carbocycles. The van der Waals surface area contributed by atoms with Crippen LogP contribution in [0.4, 0.5) is 0 Å². The molecule has 0 amide bonds. The van der Waals surface area contributed by atoms with Crippen LogP contribution in [0, 0.1) is 0 Å². The van der Waals surface area contributed by atoms with E-state index in [0.29, 0.717) is 0 Å². The van der Waals surface area contributed by atoms with Crippen LogP contribution in [0.15, 0.2) is 497 Å². The van der Waals surface area contributed by atoms with Gasteiger partial charge in [0.1, 0.15) is 0 Å². The molecule has 140 heavy (non-hydrogen) atoms. The monoisotopic (exact) mass is 1780 g/mol. The van der Waals surface area contributed by atoms with Gasteiger partial charge in [-0.1, -0.05) is 434 Å². The van der Waals surface area contributed by atoms with Gasteiger partial charge in [-0.2, -0.15) is 0 Å². The summed E-state index contributed by atoms with van der Waals surface area (Å²) in [5, 5.41) is 28.5. The second kappa shape index (κ2) is 32.6. The van der Waals surface area contributed by atoms with Crippen LogP contribution < -0.4 is 0 Å². The zero-order valence-corrected chi connectivity index (χ0v) is 78.2. The number of hydrogen-bond acceptors (Lipinski definition) is 0. The molecule has 0 aliphatic heterocycles. The third-order valence-corrected chi connectivity index (χ3v) is 30.8. The molecule has 0 saturated carbocycles. The van der Waals surface area contributed by atoms with Crippen LogP contribution in [0.1, 0.15) is 49.9 Å². The van der Waals surface area contributed by atoms with Crippen LogP contribution in [0.25, 0.3) is 252 Å².